The van der Waals surface area contributed by atoms with Gasteiger partial charge in [0.25, 0.3) is 5.43 Å². The van der Waals surface area contributed by atoms with Crippen LogP contribution in [-0.2, 0) is 0 Å². The molecule has 76 valence electrons. The molecule has 0 bridgehead atoms. The number of halogens is 2. The maximum Gasteiger partial charge on any atom is 0.268 e. The van der Waals surface area contributed by atoms with E-state index < -0.39 is 16.6 Å². The minimum absolute atomic E-state index is 0.0237. The largest absolute Gasteiger partial charge is 0.503 e. The van der Waals surface area contributed by atoms with Crippen molar-refractivity contribution in [3.05, 3.63) is 48.7 Å². The van der Waals surface area contributed by atoms with Crippen LogP contribution in [0.25, 0.3) is 11.1 Å². The first-order chi connectivity index (χ1) is 7.00. The third-order valence-corrected chi connectivity index (χ3v) is 2.47. The van der Waals surface area contributed by atoms with Crippen molar-refractivity contribution in [1.29, 1.82) is 0 Å². The van der Waals surface area contributed by atoms with Gasteiger partial charge in [-0.1, -0.05) is 23.2 Å². The Morgan fingerprint density at radius 1 is 0.933 bits per heavy atom. The topological polar surface area (TPSA) is 54.4 Å². The lowest BCUT2D eigenvalue weighted by Crippen LogP contribution is -2.31. The van der Waals surface area contributed by atoms with Crippen molar-refractivity contribution in [3.8, 4) is 16.9 Å². The monoisotopic (exact) mass is 242 g/mol. The van der Waals surface area contributed by atoms with Gasteiger partial charge in [-0.3, -0.25) is 9.59 Å². The third-order valence-electron chi connectivity index (χ3n) is 2.04. The molecule has 0 atom stereocenters. The smallest absolute Gasteiger partial charge is 0.268 e. The minimum Gasteiger partial charge on any atom is -0.503 e. The van der Waals surface area contributed by atoms with Gasteiger partial charge < -0.3 is 5.11 Å². The van der Waals surface area contributed by atoms with Gasteiger partial charge in [0.15, 0.2) is 5.75 Å². The van der Waals surface area contributed by atoms with Crippen molar-refractivity contribution < 1.29 is 5.11 Å². The van der Waals surface area contributed by atoms with E-state index in [1.54, 1.807) is 0 Å². The van der Waals surface area contributed by atoms with Gasteiger partial charge in [-0.25, -0.2) is 0 Å². The molecule has 0 spiro atoms. The van der Waals surface area contributed by atoms with Crippen LogP contribution in [0.3, 0.4) is 0 Å². The molecule has 0 radical (unpaired) electrons. The predicted molar refractivity (Wildman–Crippen MR) is 58.5 cm³/mol. The number of hydrogen-bond donors (Lipinski definition) is 1. The number of benzene rings is 1. The van der Waals surface area contributed by atoms with Gasteiger partial charge >= 0.3 is 0 Å². The van der Waals surface area contributed by atoms with Gasteiger partial charge in [0.1, 0.15) is 0 Å². The number of aromatic hydroxyl groups is 1. The zero-order valence-corrected chi connectivity index (χ0v) is 8.76. The second kappa shape index (κ2) is 3.36. The van der Waals surface area contributed by atoms with E-state index in [1.165, 1.54) is 18.2 Å². The lowest BCUT2D eigenvalue weighted by Gasteiger charge is -2.06. The molecule has 0 amide bonds. The quantitative estimate of drug-likeness (QED) is 0.779. The first kappa shape index (κ1) is 10.2. The van der Waals surface area contributed by atoms with E-state index in [-0.39, 0.29) is 5.56 Å². The highest BCUT2D eigenvalue weighted by Crippen LogP contribution is 2.29. The molecule has 0 heterocycles. The Morgan fingerprint density at radius 3 is 1.93 bits per heavy atom. The summed E-state index contributed by atoms with van der Waals surface area (Å²) in [6.07, 6.45) is 0. The summed E-state index contributed by atoms with van der Waals surface area (Å²) in [4.78, 5) is 21.9. The Hall–Kier alpha value is -1.32. The summed E-state index contributed by atoms with van der Waals surface area (Å²) < 4.78 is 0. The molecule has 0 aromatic heterocycles. The van der Waals surface area contributed by atoms with Crippen LogP contribution in [0, 0.1) is 0 Å². The fourth-order valence-corrected chi connectivity index (χ4v) is 1.87. The molecule has 0 saturated carbocycles. The summed E-state index contributed by atoms with van der Waals surface area (Å²) in [5.41, 5.74) is -1.26. The zero-order chi connectivity index (χ0) is 11.2. The molecule has 0 fully saturated rings. The molecule has 0 unspecified atom stereocenters. The maximum absolute atomic E-state index is 11.1. The van der Waals surface area contributed by atoms with Crippen LogP contribution in [0.15, 0.2) is 27.8 Å². The van der Waals surface area contributed by atoms with E-state index in [9.17, 15) is 14.7 Å². The molecule has 2 aromatic carbocycles. The first-order valence-electron chi connectivity index (χ1n) is 3.99. The molecule has 0 aliphatic heterocycles. The summed E-state index contributed by atoms with van der Waals surface area (Å²) in [6.45, 7) is 0. The molecule has 2 aromatic rings. The van der Waals surface area contributed by atoms with Crippen LogP contribution >= 0.6 is 23.2 Å². The van der Waals surface area contributed by atoms with Crippen LogP contribution in [0.2, 0.25) is 10.0 Å². The summed E-state index contributed by atoms with van der Waals surface area (Å²) in [6, 6.07) is 4.42. The molecule has 0 aliphatic carbocycles. The van der Waals surface area contributed by atoms with Crippen LogP contribution < -0.4 is 10.9 Å². The summed E-state index contributed by atoms with van der Waals surface area (Å²) in [5.74, 6) is -0.529. The molecule has 15 heavy (non-hydrogen) atoms. The van der Waals surface area contributed by atoms with Crippen LogP contribution in [0.5, 0.6) is 5.75 Å². The summed E-state index contributed by atoms with van der Waals surface area (Å²) in [7, 11) is 0. The van der Waals surface area contributed by atoms with Crippen molar-refractivity contribution in [2.75, 3.05) is 0 Å². The molecule has 1 N–H and O–H groups in total. The van der Waals surface area contributed by atoms with Crippen LogP contribution in [0.1, 0.15) is 0 Å². The Kier molecular flexibility index (Phi) is 2.29. The van der Waals surface area contributed by atoms with E-state index in [4.69, 9.17) is 23.2 Å². The lowest BCUT2D eigenvalue weighted by molar-refractivity contribution is 0.465. The average Bonchev–Trinajstić information content (AvgIpc) is 2.16. The van der Waals surface area contributed by atoms with Gasteiger partial charge in [0.05, 0.1) is 5.56 Å². The molecule has 3 nitrogen and oxygen atoms in total. The predicted octanol–water partition coefficient (Wildman–Crippen LogP) is 1.96. The Morgan fingerprint density at radius 2 is 1.47 bits per heavy atom. The second-order valence-electron chi connectivity index (χ2n) is 3.04. The van der Waals surface area contributed by atoms with Gasteiger partial charge in [0, 0.05) is 10.0 Å². The molecule has 2 rings (SSSR count). The summed E-state index contributed by atoms with van der Waals surface area (Å²) in [5, 5.41) is 9.88. The normalized spacial score (nSPS) is 10.8. The van der Waals surface area contributed by atoms with Gasteiger partial charge in [-0.2, -0.15) is 0 Å². The molecule has 5 heteroatoms. The molecule has 0 aliphatic rings. The van der Waals surface area contributed by atoms with Crippen molar-refractivity contribution >= 4 is 23.2 Å². The third kappa shape index (κ3) is 1.54. The Bertz CT molecular complexity index is 589. The highest BCUT2D eigenvalue weighted by Gasteiger charge is 2.21. The van der Waals surface area contributed by atoms with Gasteiger partial charge in [0.2, 0.25) is 5.43 Å². The van der Waals surface area contributed by atoms with E-state index in [0.29, 0.717) is 15.6 Å². The maximum atomic E-state index is 11.1. The van der Waals surface area contributed by atoms with Crippen LogP contribution in [0.4, 0.5) is 0 Å². The average molecular weight is 243 g/mol. The fraction of sp³-hybridized carbons (Fsp3) is 0. The van der Waals surface area contributed by atoms with E-state index in [2.05, 4.69) is 0 Å². The van der Waals surface area contributed by atoms with Crippen molar-refractivity contribution in [2.45, 2.75) is 0 Å². The molecular formula is C10H4Cl2O3. The highest BCUT2D eigenvalue weighted by atomic mass is 35.5. The SMILES string of the molecule is O=c1c(O)c(-c2cc(Cl)cc(Cl)c2)c1=O. The van der Waals surface area contributed by atoms with Gasteiger partial charge in [-0.15, -0.1) is 0 Å². The highest BCUT2D eigenvalue weighted by molar-refractivity contribution is 6.35. The Labute approximate surface area is 94.2 Å². The van der Waals surface area contributed by atoms with Crippen molar-refractivity contribution in [2.24, 2.45) is 0 Å². The molecular weight excluding hydrogens is 239 g/mol. The first-order valence-corrected chi connectivity index (χ1v) is 4.75. The fourth-order valence-electron chi connectivity index (χ4n) is 1.35. The summed E-state index contributed by atoms with van der Waals surface area (Å²) >= 11 is 11.4. The van der Waals surface area contributed by atoms with Crippen molar-refractivity contribution in [1.82, 2.24) is 0 Å². The zero-order valence-electron chi connectivity index (χ0n) is 7.25. The van der Waals surface area contributed by atoms with Crippen LogP contribution in [-0.4, -0.2) is 5.11 Å². The van der Waals surface area contributed by atoms with Crippen molar-refractivity contribution in [3.63, 3.8) is 0 Å². The van der Waals surface area contributed by atoms with E-state index in [0.717, 1.165) is 0 Å². The van der Waals surface area contributed by atoms with Gasteiger partial charge in [-0.05, 0) is 23.8 Å². The number of rotatable bonds is 1. The minimum atomic E-state index is -0.874. The lowest BCUT2D eigenvalue weighted by atomic mass is 10.0. The van der Waals surface area contributed by atoms with E-state index >= 15 is 0 Å². The van der Waals surface area contributed by atoms with E-state index in [1.807, 2.05) is 0 Å². The Balaban J connectivity index is 2.66. The molecule has 0 saturated heterocycles. The number of hydrogen-bond acceptors (Lipinski definition) is 3. The standard InChI is InChI=1S/C10H4Cl2O3/c11-5-1-4(2-6(12)3-5)7-8(13)10(15)9(7)14/h1-3,13H. The second-order valence-corrected chi connectivity index (χ2v) is 3.91.